The van der Waals surface area contributed by atoms with Crippen molar-refractivity contribution in [2.75, 3.05) is 13.1 Å². The summed E-state index contributed by atoms with van der Waals surface area (Å²) in [5.74, 6) is 0.327. The Morgan fingerprint density at radius 1 is 1.20 bits per heavy atom. The van der Waals surface area contributed by atoms with E-state index in [1.807, 2.05) is 23.1 Å². The highest BCUT2D eigenvalue weighted by Gasteiger charge is 2.28. The smallest absolute Gasteiger partial charge is 0.274 e. The first-order valence-corrected chi connectivity index (χ1v) is 6.93. The SMILES string of the molecule is O=C(c1cnc(Cl)cn1)N1CCC(c2ccccc2)C1. The molecule has 102 valence electrons. The molecule has 2 aromatic rings. The molecule has 20 heavy (non-hydrogen) atoms. The summed E-state index contributed by atoms with van der Waals surface area (Å²) in [6.07, 6.45) is 3.82. The van der Waals surface area contributed by atoms with Gasteiger partial charge in [0.2, 0.25) is 0 Å². The summed E-state index contributed by atoms with van der Waals surface area (Å²) in [7, 11) is 0. The van der Waals surface area contributed by atoms with Crippen molar-refractivity contribution < 1.29 is 4.79 Å². The summed E-state index contributed by atoms with van der Waals surface area (Å²) in [6, 6.07) is 10.3. The molecule has 3 rings (SSSR count). The molecule has 1 atom stereocenters. The van der Waals surface area contributed by atoms with Crippen molar-refractivity contribution in [1.82, 2.24) is 14.9 Å². The van der Waals surface area contributed by atoms with Crippen molar-refractivity contribution in [3.63, 3.8) is 0 Å². The maximum absolute atomic E-state index is 12.3. The van der Waals surface area contributed by atoms with Crippen LogP contribution in [0.2, 0.25) is 5.15 Å². The van der Waals surface area contributed by atoms with E-state index in [4.69, 9.17) is 11.6 Å². The van der Waals surface area contributed by atoms with E-state index in [9.17, 15) is 4.79 Å². The molecule has 0 N–H and O–H groups in total. The number of rotatable bonds is 2. The number of carbonyl (C=O) groups excluding carboxylic acids is 1. The van der Waals surface area contributed by atoms with E-state index in [1.165, 1.54) is 18.0 Å². The lowest BCUT2D eigenvalue weighted by molar-refractivity contribution is 0.0784. The number of carbonyl (C=O) groups is 1. The van der Waals surface area contributed by atoms with Gasteiger partial charge in [-0.2, -0.15) is 0 Å². The Kier molecular flexibility index (Phi) is 3.65. The standard InChI is InChI=1S/C15H14ClN3O/c16-14-9-17-13(8-18-14)15(20)19-7-6-12(10-19)11-4-2-1-3-5-11/h1-5,8-9,12H,6-7,10H2. The molecule has 4 nitrogen and oxygen atoms in total. The van der Waals surface area contributed by atoms with Gasteiger partial charge in [-0.3, -0.25) is 4.79 Å². The van der Waals surface area contributed by atoms with Crippen LogP contribution in [-0.2, 0) is 0 Å². The predicted molar refractivity (Wildman–Crippen MR) is 76.7 cm³/mol. The molecule has 1 aliphatic heterocycles. The molecule has 5 heteroatoms. The maximum atomic E-state index is 12.3. The van der Waals surface area contributed by atoms with E-state index in [1.54, 1.807) is 0 Å². The number of aromatic nitrogens is 2. The van der Waals surface area contributed by atoms with Crippen LogP contribution in [0.4, 0.5) is 0 Å². The van der Waals surface area contributed by atoms with E-state index < -0.39 is 0 Å². The van der Waals surface area contributed by atoms with Crippen LogP contribution in [0, 0.1) is 0 Å². The molecule has 1 aromatic carbocycles. The molecule has 0 radical (unpaired) electrons. The van der Waals surface area contributed by atoms with Crippen LogP contribution in [-0.4, -0.2) is 33.9 Å². The van der Waals surface area contributed by atoms with Gasteiger partial charge in [0.15, 0.2) is 0 Å². The largest absolute Gasteiger partial charge is 0.337 e. The van der Waals surface area contributed by atoms with Crippen LogP contribution in [0.25, 0.3) is 0 Å². The number of halogens is 1. The number of likely N-dealkylation sites (tertiary alicyclic amines) is 1. The van der Waals surface area contributed by atoms with Crippen molar-refractivity contribution in [2.45, 2.75) is 12.3 Å². The molecule has 0 saturated carbocycles. The minimum absolute atomic E-state index is 0.0763. The molecule has 1 unspecified atom stereocenters. The first-order chi connectivity index (χ1) is 9.74. The summed E-state index contributed by atoms with van der Waals surface area (Å²) < 4.78 is 0. The number of benzene rings is 1. The molecule has 1 aliphatic rings. The Morgan fingerprint density at radius 3 is 2.70 bits per heavy atom. The summed E-state index contributed by atoms with van der Waals surface area (Å²) >= 11 is 5.68. The fourth-order valence-electron chi connectivity index (χ4n) is 2.53. The lowest BCUT2D eigenvalue weighted by atomic mass is 9.99. The van der Waals surface area contributed by atoms with Crippen molar-refractivity contribution in [2.24, 2.45) is 0 Å². The zero-order valence-electron chi connectivity index (χ0n) is 10.9. The highest BCUT2D eigenvalue weighted by Crippen LogP contribution is 2.27. The third-order valence-electron chi connectivity index (χ3n) is 3.59. The topological polar surface area (TPSA) is 46.1 Å². The summed E-state index contributed by atoms with van der Waals surface area (Å²) in [4.78, 5) is 22.1. The fraction of sp³-hybridized carbons (Fsp3) is 0.267. The van der Waals surface area contributed by atoms with Gasteiger partial charge in [-0.1, -0.05) is 41.9 Å². The summed E-state index contributed by atoms with van der Waals surface area (Å²) in [5, 5.41) is 0.296. The lowest BCUT2D eigenvalue weighted by Crippen LogP contribution is -2.29. The number of nitrogens with zero attached hydrogens (tertiary/aromatic N) is 3. The van der Waals surface area contributed by atoms with Crippen LogP contribution >= 0.6 is 11.6 Å². The minimum Gasteiger partial charge on any atom is -0.337 e. The lowest BCUT2D eigenvalue weighted by Gasteiger charge is -2.16. The second kappa shape index (κ2) is 5.59. The van der Waals surface area contributed by atoms with Gasteiger partial charge in [-0.15, -0.1) is 0 Å². The zero-order valence-corrected chi connectivity index (χ0v) is 11.6. The molecule has 1 amide bonds. The molecule has 1 fully saturated rings. The van der Waals surface area contributed by atoms with E-state index >= 15 is 0 Å². The minimum atomic E-state index is -0.0763. The van der Waals surface area contributed by atoms with E-state index in [0.29, 0.717) is 16.8 Å². The number of hydrogen-bond donors (Lipinski definition) is 0. The highest BCUT2D eigenvalue weighted by molar-refractivity contribution is 6.29. The van der Waals surface area contributed by atoms with Crippen molar-refractivity contribution >= 4 is 17.5 Å². The first-order valence-electron chi connectivity index (χ1n) is 6.56. The van der Waals surface area contributed by atoms with Crippen LogP contribution in [0.1, 0.15) is 28.4 Å². The van der Waals surface area contributed by atoms with Gasteiger partial charge < -0.3 is 4.90 Å². The number of amides is 1. The second-order valence-corrected chi connectivity index (χ2v) is 5.26. The fourth-order valence-corrected chi connectivity index (χ4v) is 2.62. The highest BCUT2D eigenvalue weighted by atomic mass is 35.5. The molecule has 0 spiro atoms. The Balaban J connectivity index is 1.71. The normalized spacial score (nSPS) is 18.2. The van der Waals surface area contributed by atoms with Gasteiger partial charge in [-0.25, -0.2) is 9.97 Å². The van der Waals surface area contributed by atoms with Crippen LogP contribution in [0.15, 0.2) is 42.7 Å². The van der Waals surface area contributed by atoms with Crippen molar-refractivity contribution in [1.29, 1.82) is 0 Å². The van der Waals surface area contributed by atoms with Crippen LogP contribution in [0.5, 0.6) is 0 Å². The van der Waals surface area contributed by atoms with E-state index in [0.717, 1.165) is 19.5 Å². The summed E-state index contributed by atoms with van der Waals surface area (Å²) in [5.41, 5.74) is 1.63. The third kappa shape index (κ3) is 2.65. The second-order valence-electron chi connectivity index (χ2n) is 4.87. The molecule has 0 bridgehead atoms. The molecule has 1 aromatic heterocycles. The maximum Gasteiger partial charge on any atom is 0.274 e. The Labute approximate surface area is 122 Å². The van der Waals surface area contributed by atoms with Gasteiger partial charge in [0.05, 0.1) is 12.4 Å². The molecular weight excluding hydrogens is 274 g/mol. The molecule has 2 heterocycles. The molecule has 1 saturated heterocycles. The van der Waals surface area contributed by atoms with Gasteiger partial charge in [0, 0.05) is 19.0 Å². The van der Waals surface area contributed by atoms with Gasteiger partial charge in [0.25, 0.3) is 5.91 Å². The van der Waals surface area contributed by atoms with Crippen LogP contribution < -0.4 is 0 Å². The Bertz CT molecular complexity index is 600. The first kappa shape index (κ1) is 13.1. The summed E-state index contributed by atoms with van der Waals surface area (Å²) in [6.45, 7) is 1.48. The van der Waals surface area contributed by atoms with Gasteiger partial charge in [-0.05, 0) is 12.0 Å². The molecular formula is C15H14ClN3O. The van der Waals surface area contributed by atoms with Crippen molar-refractivity contribution in [3.8, 4) is 0 Å². The van der Waals surface area contributed by atoms with Crippen LogP contribution in [0.3, 0.4) is 0 Å². The average molecular weight is 288 g/mol. The quantitative estimate of drug-likeness (QED) is 0.853. The van der Waals surface area contributed by atoms with E-state index in [2.05, 4.69) is 22.1 Å². The monoisotopic (exact) mass is 287 g/mol. The molecule has 0 aliphatic carbocycles. The number of hydrogen-bond acceptors (Lipinski definition) is 3. The Hall–Kier alpha value is -1.94. The van der Waals surface area contributed by atoms with Gasteiger partial charge >= 0.3 is 0 Å². The Morgan fingerprint density at radius 2 is 2.00 bits per heavy atom. The van der Waals surface area contributed by atoms with Crippen molar-refractivity contribution in [3.05, 3.63) is 59.1 Å². The average Bonchev–Trinajstić information content (AvgIpc) is 2.98. The third-order valence-corrected chi connectivity index (χ3v) is 3.78. The van der Waals surface area contributed by atoms with E-state index in [-0.39, 0.29) is 5.91 Å². The van der Waals surface area contributed by atoms with Gasteiger partial charge in [0.1, 0.15) is 10.8 Å². The predicted octanol–water partition coefficient (Wildman–Crippen LogP) is 2.76. The zero-order chi connectivity index (χ0) is 13.9.